The lowest BCUT2D eigenvalue weighted by molar-refractivity contribution is -0.434. The van der Waals surface area contributed by atoms with Crippen molar-refractivity contribution in [3.63, 3.8) is 0 Å². The minimum Gasteiger partial charge on any atom is -0.0467 e. The van der Waals surface area contributed by atoms with E-state index in [1.165, 1.54) is 35.5 Å². The Kier molecular flexibility index (Phi) is 0.527. The van der Waals surface area contributed by atoms with Gasteiger partial charge in [0.2, 0.25) is 0 Å². The van der Waals surface area contributed by atoms with Gasteiger partial charge in [0, 0.05) is 0 Å². The van der Waals surface area contributed by atoms with Crippen molar-refractivity contribution in [1.29, 1.82) is 0 Å². The number of fused-ring (bicyclic) bond motifs is 3. The van der Waals surface area contributed by atoms with Crippen molar-refractivity contribution in [3.8, 4) is 0 Å². The second kappa shape index (κ2) is 1.19. The van der Waals surface area contributed by atoms with Gasteiger partial charge in [-0.1, -0.05) is 0 Å². The summed E-state index contributed by atoms with van der Waals surface area (Å²) < 4.78 is 0. The molecule has 2 bridgehead atoms. The number of hydrogen-bond donors (Lipinski definition) is 0. The largest absolute Gasteiger partial charge is 0.0467 e. The van der Waals surface area contributed by atoms with Crippen LogP contribution in [0.25, 0.3) is 0 Å². The molecule has 0 aromatic heterocycles. The van der Waals surface area contributed by atoms with Crippen LogP contribution >= 0.6 is 0 Å². The van der Waals surface area contributed by atoms with E-state index in [1.54, 1.807) is 32.1 Å². The average Bonchev–Trinajstić information content (AvgIpc) is 2.57. The minimum atomic E-state index is 1.02. The molecule has 0 heteroatoms. The van der Waals surface area contributed by atoms with Crippen molar-refractivity contribution in [2.75, 3.05) is 0 Å². The maximum absolute atomic E-state index is 1.71. The summed E-state index contributed by atoms with van der Waals surface area (Å²) in [7, 11) is 0. The Morgan fingerprint density at radius 2 is 1.62 bits per heavy atom. The summed E-state index contributed by atoms with van der Waals surface area (Å²) in [5, 5.41) is 0. The first-order valence-corrected chi connectivity index (χ1v) is 6.39. The van der Waals surface area contributed by atoms with Crippen LogP contribution < -0.4 is 0 Å². The summed E-state index contributed by atoms with van der Waals surface area (Å²) in [5.74, 6) is 7.55. The van der Waals surface area contributed by atoms with Gasteiger partial charge in [0.1, 0.15) is 0 Å². The zero-order valence-electron chi connectivity index (χ0n) is 8.00. The highest BCUT2D eigenvalue weighted by atomic mass is 15.0. The van der Waals surface area contributed by atoms with E-state index in [1.807, 2.05) is 0 Å². The molecule has 0 N–H and O–H groups in total. The van der Waals surface area contributed by atoms with Crippen LogP contribution in [-0.2, 0) is 0 Å². The van der Waals surface area contributed by atoms with E-state index in [-0.39, 0.29) is 0 Å². The summed E-state index contributed by atoms with van der Waals surface area (Å²) in [4.78, 5) is 0. The Hall–Kier alpha value is 0. The quantitative estimate of drug-likeness (QED) is 0.527. The van der Waals surface area contributed by atoms with Crippen LogP contribution in [0.4, 0.5) is 0 Å². The van der Waals surface area contributed by atoms with E-state index in [9.17, 15) is 0 Å². The maximum Gasteiger partial charge on any atom is -0.0145 e. The monoisotopic (exact) mass is 172 g/mol. The topological polar surface area (TPSA) is 0 Å². The smallest absolute Gasteiger partial charge is 0.0145 e. The molecule has 6 rings (SSSR count). The summed E-state index contributed by atoms with van der Waals surface area (Å²) in [6.07, 6.45) is 8.38. The van der Waals surface area contributed by atoms with Crippen molar-refractivity contribution in [1.82, 2.24) is 0 Å². The summed E-state index contributed by atoms with van der Waals surface area (Å²) in [6.45, 7) is 0. The van der Waals surface area contributed by atoms with Crippen molar-refractivity contribution >= 4 is 0 Å². The fourth-order valence-corrected chi connectivity index (χ4v) is 8.16. The number of hydrogen-bond acceptors (Lipinski definition) is 0. The predicted octanol–water partition coefficient (Wildman–Crippen LogP) is 2.69. The van der Waals surface area contributed by atoms with Crippen molar-refractivity contribution in [2.45, 2.75) is 32.1 Å². The van der Waals surface area contributed by atoms with Crippen LogP contribution in [0.1, 0.15) is 32.1 Å². The van der Waals surface area contributed by atoms with E-state index >= 15 is 0 Å². The van der Waals surface area contributed by atoms with E-state index in [4.69, 9.17) is 0 Å². The van der Waals surface area contributed by atoms with E-state index in [0.717, 1.165) is 10.8 Å². The molecule has 6 aliphatic carbocycles. The Morgan fingerprint density at radius 3 is 2.46 bits per heavy atom. The summed E-state index contributed by atoms with van der Waals surface area (Å²) in [5.41, 5.74) is 2.07. The molecule has 68 valence electrons. The second-order valence-electron chi connectivity index (χ2n) is 7.09. The third-order valence-corrected chi connectivity index (χ3v) is 7.96. The third-order valence-electron chi connectivity index (χ3n) is 7.96. The highest BCUT2D eigenvalue weighted by Crippen LogP contribution is 3.00. The molecule has 0 aromatic carbocycles. The first kappa shape index (κ1) is 5.78. The molecule has 8 atom stereocenters. The van der Waals surface area contributed by atoms with Gasteiger partial charge in [0.25, 0.3) is 0 Å². The second-order valence-corrected chi connectivity index (χ2v) is 7.09. The molecule has 0 saturated heterocycles. The van der Waals surface area contributed by atoms with Crippen LogP contribution in [0.3, 0.4) is 0 Å². The van der Waals surface area contributed by atoms with Gasteiger partial charge in [-0.05, 0) is 78.4 Å². The van der Waals surface area contributed by atoms with Gasteiger partial charge in [-0.2, -0.15) is 0 Å². The standard InChI is InChI=1S/C13H16/c1-6-5-12-7(1)2-10(12)11-4-8-3-9(6)13(8,11)12/h6-11H,1-5H2/t6?,7-,8+,9?,10?,11?,12?,13?/m1/s1. The molecule has 0 nitrogen and oxygen atoms in total. The third kappa shape index (κ3) is 0.260. The molecule has 6 unspecified atom stereocenters. The highest BCUT2D eigenvalue weighted by Gasteiger charge is 2.95. The Bertz CT molecular complexity index is 355. The molecule has 0 radical (unpaired) electrons. The fourth-order valence-electron chi connectivity index (χ4n) is 8.16. The minimum absolute atomic E-state index is 1.02. The van der Waals surface area contributed by atoms with Crippen LogP contribution in [0, 0.1) is 46.3 Å². The predicted molar refractivity (Wildman–Crippen MR) is 48.9 cm³/mol. The zero-order valence-corrected chi connectivity index (χ0v) is 8.00. The van der Waals surface area contributed by atoms with Crippen molar-refractivity contribution in [3.05, 3.63) is 0 Å². The lowest BCUT2D eigenvalue weighted by Gasteiger charge is -2.91. The average molecular weight is 172 g/mol. The van der Waals surface area contributed by atoms with Gasteiger partial charge in [0.05, 0.1) is 0 Å². The molecule has 13 heavy (non-hydrogen) atoms. The molecule has 6 fully saturated rings. The first-order valence-electron chi connectivity index (χ1n) is 6.39. The highest BCUT2D eigenvalue weighted by molar-refractivity contribution is 5.42. The normalized spacial score (nSPS) is 88.6. The Labute approximate surface area is 79.1 Å². The van der Waals surface area contributed by atoms with Gasteiger partial charge in [-0.3, -0.25) is 0 Å². The molecular weight excluding hydrogens is 156 g/mol. The van der Waals surface area contributed by atoms with E-state index < -0.39 is 0 Å². The zero-order chi connectivity index (χ0) is 8.00. The Morgan fingerprint density at radius 1 is 0.769 bits per heavy atom. The van der Waals surface area contributed by atoms with E-state index in [2.05, 4.69) is 0 Å². The fraction of sp³-hybridized carbons (Fsp3) is 1.00. The molecule has 0 aliphatic heterocycles. The van der Waals surface area contributed by atoms with E-state index in [0.29, 0.717) is 0 Å². The molecule has 0 amide bonds. The Balaban J connectivity index is 1.71. The molecule has 0 heterocycles. The molecular formula is C13H16. The van der Waals surface area contributed by atoms with Crippen molar-refractivity contribution in [2.24, 2.45) is 46.3 Å². The van der Waals surface area contributed by atoms with Gasteiger partial charge < -0.3 is 0 Å². The SMILES string of the molecule is C1C2CC34C(C[C@@H]13)C1C[C@@H]3CC2C134. The van der Waals surface area contributed by atoms with Gasteiger partial charge in [-0.25, -0.2) is 0 Å². The van der Waals surface area contributed by atoms with Gasteiger partial charge in [0.15, 0.2) is 0 Å². The molecule has 0 aromatic rings. The van der Waals surface area contributed by atoms with Crippen LogP contribution in [0.2, 0.25) is 0 Å². The van der Waals surface area contributed by atoms with Gasteiger partial charge >= 0.3 is 0 Å². The summed E-state index contributed by atoms with van der Waals surface area (Å²) >= 11 is 0. The van der Waals surface area contributed by atoms with Crippen LogP contribution in [0.5, 0.6) is 0 Å². The van der Waals surface area contributed by atoms with Crippen LogP contribution in [0.15, 0.2) is 0 Å². The lowest BCUT2D eigenvalue weighted by Crippen LogP contribution is -2.86. The first-order chi connectivity index (χ1) is 6.39. The maximum atomic E-state index is 1.71. The number of rotatable bonds is 0. The van der Waals surface area contributed by atoms with Gasteiger partial charge in [-0.15, -0.1) is 0 Å². The molecule has 6 saturated carbocycles. The van der Waals surface area contributed by atoms with Crippen molar-refractivity contribution < 1.29 is 0 Å². The summed E-state index contributed by atoms with van der Waals surface area (Å²) in [6, 6.07) is 0. The van der Waals surface area contributed by atoms with Crippen LogP contribution in [-0.4, -0.2) is 0 Å². The lowest BCUT2D eigenvalue weighted by atomic mass is 9.13. The molecule has 2 spiro atoms. The molecule has 6 aliphatic rings.